The summed E-state index contributed by atoms with van der Waals surface area (Å²) in [6, 6.07) is 14.1. The standard InChI is InChI=1S/C16H12ClFO/c17-11-6-7-12(15(18)8-11)16(19)14-9-13(14)10-4-2-1-3-5-10/h1-8,13-14H,9H2. The molecule has 0 amide bonds. The van der Waals surface area contributed by atoms with Crippen LogP contribution < -0.4 is 0 Å². The Morgan fingerprint density at radius 3 is 2.58 bits per heavy atom. The predicted octanol–water partition coefficient (Wildman–Crippen LogP) is 4.47. The SMILES string of the molecule is O=C(c1ccc(Cl)cc1F)C1CC1c1ccccc1. The van der Waals surface area contributed by atoms with E-state index in [4.69, 9.17) is 11.6 Å². The lowest BCUT2D eigenvalue weighted by Crippen LogP contribution is -2.06. The van der Waals surface area contributed by atoms with E-state index < -0.39 is 5.82 Å². The van der Waals surface area contributed by atoms with Crippen molar-refractivity contribution in [3.05, 3.63) is 70.5 Å². The first-order valence-electron chi connectivity index (χ1n) is 6.21. The van der Waals surface area contributed by atoms with Crippen molar-refractivity contribution in [1.82, 2.24) is 0 Å². The van der Waals surface area contributed by atoms with Gasteiger partial charge in [-0.3, -0.25) is 4.79 Å². The quantitative estimate of drug-likeness (QED) is 0.755. The molecule has 1 aliphatic carbocycles. The highest BCUT2D eigenvalue weighted by atomic mass is 35.5. The van der Waals surface area contributed by atoms with E-state index in [1.807, 2.05) is 30.3 Å². The molecule has 0 bridgehead atoms. The van der Waals surface area contributed by atoms with Crippen molar-refractivity contribution in [2.24, 2.45) is 5.92 Å². The average Bonchev–Trinajstić information content (AvgIpc) is 3.19. The van der Waals surface area contributed by atoms with E-state index in [9.17, 15) is 9.18 Å². The van der Waals surface area contributed by atoms with Gasteiger partial charge in [0.1, 0.15) is 5.82 Å². The molecule has 2 unspecified atom stereocenters. The molecule has 2 atom stereocenters. The topological polar surface area (TPSA) is 17.1 Å². The number of carbonyl (C=O) groups excluding carboxylic acids is 1. The largest absolute Gasteiger partial charge is 0.294 e. The summed E-state index contributed by atoms with van der Waals surface area (Å²) in [6.45, 7) is 0. The van der Waals surface area contributed by atoms with Crippen molar-refractivity contribution >= 4 is 17.4 Å². The van der Waals surface area contributed by atoms with Crippen molar-refractivity contribution in [3.8, 4) is 0 Å². The first-order chi connectivity index (χ1) is 9.16. The van der Waals surface area contributed by atoms with Gasteiger partial charge in [0.05, 0.1) is 5.56 Å². The molecule has 3 rings (SSSR count). The summed E-state index contributed by atoms with van der Waals surface area (Å²) in [5.41, 5.74) is 1.29. The lowest BCUT2D eigenvalue weighted by Gasteiger charge is -2.03. The van der Waals surface area contributed by atoms with Crippen molar-refractivity contribution < 1.29 is 9.18 Å². The van der Waals surface area contributed by atoms with Crippen LogP contribution in [0.4, 0.5) is 4.39 Å². The van der Waals surface area contributed by atoms with Crippen LogP contribution in [0.5, 0.6) is 0 Å². The van der Waals surface area contributed by atoms with Crippen LogP contribution in [0.15, 0.2) is 48.5 Å². The predicted molar refractivity (Wildman–Crippen MR) is 73.0 cm³/mol. The van der Waals surface area contributed by atoms with Gasteiger partial charge in [-0.1, -0.05) is 41.9 Å². The zero-order valence-electron chi connectivity index (χ0n) is 10.1. The van der Waals surface area contributed by atoms with Gasteiger partial charge in [0.25, 0.3) is 0 Å². The van der Waals surface area contributed by atoms with Crippen LogP contribution >= 0.6 is 11.6 Å². The van der Waals surface area contributed by atoms with E-state index in [2.05, 4.69) is 0 Å². The summed E-state index contributed by atoms with van der Waals surface area (Å²) in [4.78, 5) is 12.2. The molecule has 96 valence electrons. The molecule has 1 saturated carbocycles. The molecule has 0 aromatic heterocycles. The van der Waals surface area contributed by atoms with Crippen LogP contribution in [-0.4, -0.2) is 5.78 Å². The first kappa shape index (κ1) is 12.4. The summed E-state index contributed by atoms with van der Waals surface area (Å²) in [5.74, 6) is -0.527. The molecule has 0 heterocycles. The number of hydrogen-bond acceptors (Lipinski definition) is 1. The minimum absolute atomic E-state index is 0.0990. The van der Waals surface area contributed by atoms with Crippen molar-refractivity contribution in [3.63, 3.8) is 0 Å². The van der Waals surface area contributed by atoms with Crippen molar-refractivity contribution in [2.45, 2.75) is 12.3 Å². The number of halogens is 2. The smallest absolute Gasteiger partial charge is 0.169 e. The van der Waals surface area contributed by atoms with Gasteiger partial charge < -0.3 is 0 Å². The van der Waals surface area contributed by atoms with Gasteiger partial charge in [-0.05, 0) is 36.1 Å². The Balaban J connectivity index is 1.80. The van der Waals surface area contributed by atoms with Crippen LogP contribution in [0.3, 0.4) is 0 Å². The summed E-state index contributed by atoms with van der Waals surface area (Å²) >= 11 is 5.69. The Morgan fingerprint density at radius 1 is 1.16 bits per heavy atom. The number of Topliss-reactive ketones (excluding diaryl/α,β-unsaturated/α-hetero) is 1. The highest BCUT2D eigenvalue weighted by Gasteiger charge is 2.44. The fourth-order valence-electron chi connectivity index (χ4n) is 2.44. The van der Waals surface area contributed by atoms with E-state index in [0.29, 0.717) is 5.02 Å². The number of hydrogen-bond donors (Lipinski definition) is 0. The maximum Gasteiger partial charge on any atom is 0.169 e. The van der Waals surface area contributed by atoms with E-state index in [1.54, 1.807) is 6.07 Å². The Bertz CT molecular complexity index is 624. The second kappa shape index (κ2) is 4.78. The number of ketones is 1. The Hall–Kier alpha value is -1.67. The van der Waals surface area contributed by atoms with Crippen LogP contribution in [0.1, 0.15) is 28.3 Å². The lowest BCUT2D eigenvalue weighted by atomic mass is 10.0. The monoisotopic (exact) mass is 274 g/mol. The molecule has 0 spiro atoms. The maximum absolute atomic E-state index is 13.7. The molecule has 1 aliphatic rings. The fraction of sp³-hybridized carbons (Fsp3) is 0.188. The Labute approximate surface area is 116 Å². The third-order valence-electron chi connectivity index (χ3n) is 3.55. The summed E-state index contributed by atoms with van der Waals surface area (Å²) < 4.78 is 13.7. The van der Waals surface area contributed by atoms with Crippen LogP contribution in [0.25, 0.3) is 0 Å². The van der Waals surface area contributed by atoms with Crippen LogP contribution in [0, 0.1) is 11.7 Å². The molecular weight excluding hydrogens is 263 g/mol. The molecule has 0 radical (unpaired) electrons. The first-order valence-corrected chi connectivity index (χ1v) is 6.59. The molecule has 0 saturated heterocycles. The Morgan fingerprint density at radius 2 is 1.89 bits per heavy atom. The number of rotatable bonds is 3. The summed E-state index contributed by atoms with van der Waals surface area (Å²) in [5, 5.41) is 0.310. The van der Waals surface area contributed by atoms with E-state index in [1.165, 1.54) is 12.1 Å². The van der Waals surface area contributed by atoms with Gasteiger partial charge in [-0.15, -0.1) is 0 Å². The Kier molecular flexibility index (Phi) is 3.11. The van der Waals surface area contributed by atoms with Crippen LogP contribution in [-0.2, 0) is 0 Å². The second-order valence-corrected chi connectivity index (χ2v) is 5.28. The molecular formula is C16H12ClFO. The molecule has 3 heteroatoms. The van der Waals surface area contributed by atoms with Gasteiger partial charge in [-0.2, -0.15) is 0 Å². The highest BCUT2D eigenvalue weighted by Crippen LogP contribution is 2.49. The minimum Gasteiger partial charge on any atom is -0.294 e. The second-order valence-electron chi connectivity index (χ2n) is 4.85. The number of carbonyl (C=O) groups is 1. The van der Waals surface area contributed by atoms with Gasteiger partial charge in [-0.25, -0.2) is 4.39 Å². The van der Waals surface area contributed by atoms with Crippen LogP contribution in [0.2, 0.25) is 5.02 Å². The van der Waals surface area contributed by atoms with Crippen molar-refractivity contribution in [2.75, 3.05) is 0 Å². The molecule has 2 aromatic carbocycles. The lowest BCUT2D eigenvalue weighted by molar-refractivity contribution is 0.0961. The summed E-state index contributed by atoms with van der Waals surface area (Å²) in [6.07, 6.45) is 0.797. The molecule has 2 aromatic rings. The molecule has 19 heavy (non-hydrogen) atoms. The van der Waals surface area contributed by atoms with Gasteiger partial charge >= 0.3 is 0 Å². The van der Waals surface area contributed by atoms with Gasteiger partial charge in [0, 0.05) is 10.9 Å². The van der Waals surface area contributed by atoms with Gasteiger partial charge in [0.15, 0.2) is 5.78 Å². The normalized spacial score (nSPS) is 21.2. The third-order valence-corrected chi connectivity index (χ3v) is 3.79. The molecule has 1 fully saturated rings. The van der Waals surface area contributed by atoms with Crippen molar-refractivity contribution in [1.29, 1.82) is 0 Å². The van der Waals surface area contributed by atoms with E-state index >= 15 is 0 Å². The van der Waals surface area contributed by atoms with E-state index in [0.717, 1.165) is 12.0 Å². The zero-order chi connectivity index (χ0) is 13.4. The average molecular weight is 275 g/mol. The van der Waals surface area contributed by atoms with Gasteiger partial charge in [0.2, 0.25) is 0 Å². The molecule has 0 aliphatic heterocycles. The third kappa shape index (κ3) is 2.41. The molecule has 0 N–H and O–H groups in total. The highest BCUT2D eigenvalue weighted by molar-refractivity contribution is 6.30. The summed E-state index contributed by atoms with van der Waals surface area (Å²) in [7, 11) is 0. The molecule has 1 nitrogen and oxygen atoms in total. The fourth-order valence-corrected chi connectivity index (χ4v) is 2.60. The number of benzene rings is 2. The maximum atomic E-state index is 13.7. The minimum atomic E-state index is -0.531. The van der Waals surface area contributed by atoms with E-state index in [-0.39, 0.29) is 23.2 Å². The zero-order valence-corrected chi connectivity index (χ0v) is 10.9.